The monoisotopic (exact) mass is 349 g/mol. The van der Waals surface area contributed by atoms with Crippen LogP contribution in [0.2, 0.25) is 0 Å². The molecule has 1 saturated heterocycles. The maximum atomic E-state index is 12.1. The van der Waals surface area contributed by atoms with E-state index < -0.39 is 0 Å². The molecular formula is C19H27NO3S. The second kappa shape index (κ2) is 9.74. The Kier molecular flexibility index (Phi) is 7.66. The number of amides is 1. The van der Waals surface area contributed by atoms with E-state index in [0.29, 0.717) is 18.9 Å². The summed E-state index contributed by atoms with van der Waals surface area (Å²) in [6.45, 7) is 8.43. The molecule has 2 rings (SSSR count). The van der Waals surface area contributed by atoms with Gasteiger partial charge >= 0.3 is 0 Å². The molecular weight excluding hydrogens is 322 g/mol. The lowest BCUT2D eigenvalue weighted by atomic mass is 9.74. The number of rotatable bonds is 9. The first kappa shape index (κ1) is 18.9. The third kappa shape index (κ3) is 5.28. The summed E-state index contributed by atoms with van der Waals surface area (Å²) in [6, 6.07) is 8.26. The van der Waals surface area contributed by atoms with Crippen LogP contribution in [0.5, 0.6) is 5.75 Å². The predicted molar refractivity (Wildman–Crippen MR) is 99.9 cm³/mol. The topological polar surface area (TPSA) is 47.6 Å². The third-order valence-electron chi connectivity index (χ3n) is 4.32. The van der Waals surface area contributed by atoms with E-state index in [2.05, 4.69) is 24.0 Å². The lowest BCUT2D eigenvalue weighted by Gasteiger charge is -2.38. The summed E-state index contributed by atoms with van der Waals surface area (Å²) >= 11 is 1.58. The lowest BCUT2D eigenvalue weighted by Crippen LogP contribution is -2.45. The summed E-state index contributed by atoms with van der Waals surface area (Å²) in [4.78, 5) is 12.1. The molecule has 1 aromatic rings. The van der Waals surface area contributed by atoms with Crippen molar-refractivity contribution in [1.82, 2.24) is 5.32 Å². The van der Waals surface area contributed by atoms with Gasteiger partial charge in [-0.25, -0.2) is 0 Å². The Morgan fingerprint density at radius 3 is 2.71 bits per heavy atom. The second-order valence-corrected chi connectivity index (χ2v) is 6.96. The molecule has 0 spiro atoms. The summed E-state index contributed by atoms with van der Waals surface area (Å²) in [5.41, 5.74) is 1.19. The van der Waals surface area contributed by atoms with Crippen molar-refractivity contribution in [1.29, 1.82) is 0 Å². The number of ether oxygens (including phenoxy) is 2. The number of hydrogen-bond donors (Lipinski definition) is 1. The van der Waals surface area contributed by atoms with Crippen LogP contribution < -0.4 is 10.1 Å². The molecule has 5 heteroatoms. The van der Waals surface area contributed by atoms with Crippen LogP contribution in [0.1, 0.15) is 25.3 Å². The van der Waals surface area contributed by atoms with E-state index in [1.807, 2.05) is 25.1 Å². The standard InChI is InChI=1S/C19H27NO3S/c1-3-13-24-14-18(21)20-15-19(9-11-22-12-10-19)16-5-7-17(8-6-16)23-4-2/h3,5-8H,1,4,9-15H2,2H3,(H,20,21). The summed E-state index contributed by atoms with van der Waals surface area (Å²) in [5.74, 6) is 2.24. The van der Waals surface area contributed by atoms with Crippen LogP contribution in [-0.2, 0) is 14.9 Å². The SMILES string of the molecule is C=CCSCC(=O)NCC1(c2ccc(OCC)cc2)CCOCC1. The summed E-state index contributed by atoms with van der Waals surface area (Å²) in [7, 11) is 0. The van der Waals surface area contributed by atoms with Crippen LogP contribution >= 0.6 is 11.8 Å². The number of nitrogens with one attached hydrogen (secondary N) is 1. The molecule has 0 unspecified atom stereocenters. The molecule has 1 amide bonds. The van der Waals surface area contributed by atoms with Gasteiger partial charge in [0.05, 0.1) is 12.4 Å². The molecule has 0 bridgehead atoms. The number of hydrogen-bond acceptors (Lipinski definition) is 4. The predicted octanol–water partition coefficient (Wildman–Crippen LogP) is 3.17. The fraction of sp³-hybridized carbons (Fsp3) is 0.526. The van der Waals surface area contributed by atoms with Crippen LogP contribution in [0, 0.1) is 0 Å². The quantitative estimate of drug-likeness (QED) is 0.549. The smallest absolute Gasteiger partial charge is 0.230 e. The van der Waals surface area contributed by atoms with E-state index in [-0.39, 0.29) is 11.3 Å². The maximum absolute atomic E-state index is 12.1. The summed E-state index contributed by atoms with van der Waals surface area (Å²) in [5, 5.41) is 3.11. The van der Waals surface area contributed by atoms with Crippen molar-refractivity contribution < 1.29 is 14.3 Å². The molecule has 1 N–H and O–H groups in total. The van der Waals surface area contributed by atoms with Gasteiger partial charge in [0, 0.05) is 30.9 Å². The lowest BCUT2D eigenvalue weighted by molar-refractivity contribution is -0.119. The van der Waals surface area contributed by atoms with Gasteiger partial charge < -0.3 is 14.8 Å². The van der Waals surface area contributed by atoms with Crippen LogP contribution in [-0.4, -0.2) is 43.8 Å². The van der Waals surface area contributed by atoms with E-state index in [0.717, 1.165) is 37.6 Å². The van der Waals surface area contributed by atoms with Gasteiger partial charge in [-0.1, -0.05) is 18.2 Å². The van der Waals surface area contributed by atoms with Crippen LogP contribution in [0.3, 0.4) is 0 Å². The summed E-state index contributed by atoms with van der Waals surface area (Å²) in [6.07, 6.45) is 3.65. The zero-order valence-electron chi connectivity index (χ0n) is 14.4. The number of thioether (sulfide) groups is 1. The molecule has 1 aromatic carbocycles. The molecule has 0 atom stereocenters. The normalized spacial score (nSPS) is 16.4. The number of benzene rings is 1. The van der Waals surface area contributed by atoms with Crippen molar-refractivity contribution >= 4 is 17.7 Å². The van der Waals surface area contributed by atoms with E-state index in [1.165, 1.54) is 5.56 Å². The zero-order chi connectivity index (χ0) is 17.3. The minimum absolute atomic E-state index is 0.0538. The molecule has 132 valence electrons. The van der Waals surface area contributed by atoms with Crippen molar-refractivity contribution in [3.05, 3.63) is 42.5 Å². The largest absolute Gasteiger partial charge is 0.494 e. The van der Waals surface area contributed by atoms with Gasteiger partial charge in [0.1, 0.15) is 5.75 Å². The maximum Gasteiger partial charge on any atom is 0.230 e. The van der Waals surface area contributed by atoms with Crippen molar-refractivity contribution in [2.75, 3.05) is 37.9 Å². The summed E-state index contributed by atoms with van der Waals surface area (Å²) < 4.78 is 11.1. The highest BCUT2D eigenvalue weighted by molar-refractivity contribution is 8.00. The number of carbonyl (C=O) groups is 1. The van der Waals surface area contributed by atoms with Gasteiger partial charge in [-0.15, -0.1) is 18.3 Å². The Labute approximate surface area is 149 Å². The Bertz CT molecular complexity index is 524. The van der Waals surface area contributed by atoms with Gasteiger partial charge in [0.15, 0.2) is 0 Å². The highest BCUT2D eigenvalue weighted by Crippen LogP contribution is 2.35. The van der Waals surface area contributed by atoms with E-state index in [4.69, 9.17) is 9.47 Å². The first-order chi connectivity index (χ1) is 11.7. The van der Waals surface area contributed by atoms with Crippen LogP contribution in [0.4, 0.5) is 0 Å². The average Bonchev–Trinajstić information content (AvgIpc) is 2.62. The van der Waals surface area contributed by atoms with E-state index in [9.17, 15) is 4.79 Å². The van der Waals surface area contributed by atoms with Crippen molar-refractivity contribution in [3.8, 4) is 5.75 Å². The van der Waals surface area contributed by atoms with Crippen LogP contribution in [0.15, 0.2) is 36.9 Å². The minimum atomic E-state index is -0.0538. The zero-order valence-corrected chi connectivity index (χ0v) is 15.2. The van der Waals surface area contributed by atoms with Crippen LogP contribution in [0.25, 0.3) is 0 Å². The average molecular weight is 349 g/mol. The third-order valence-corrected chi connectivity index (χ3v) is 5.26. The molecule has 0 saturated carbocycles. The van der Waals surface area contributed by atoms with Gasteiger partial charge in [0.2, 0.25) is 5.91 Å². The molecule has 0 aliphatic carbocycles. The second-order valence-electron chi connectivity index (χ2n) is 5.93. The Hall–Kier alpha value is -1.46. The van der Waals surface area contributed by atoms with Gasteiger partial charge in [-0.2, -0.15) is 0 Å². The minimum Gasteiger partial charge on any atom is -0.494 e. The molecule has 0 aromatic heterocycles. The van der Waals surface area contributed by atoms with Gasteiger partial charge in [0.25, 0.3) is 0 Å². The Morgan fingerprint density at radius 1 is 1.38 bits per heavy atom. The molecule has 24 heavy (non-hydrogen) atoms. The van der Waals surface area contributed by atoms with E-state index in [1.54, 1.807) is 11.8 Å². The van der Waals surface area contributed by atoms with Gasteiger partial charge in [-0.05, 0) is 37.5 Å². The Morgan fingerprint density at radius 2 is 2.08 bits per heavy atom. The fourth-order valence-corrected chi connectivity index (χ4v) is 3.53. The molecule has 1 aliphatic rings. The van der Waals surface area contributed by atoms with Gasteiger partial charge in [-0.3, -0.25) is 4.79 Å². The highest BCUT2D eigenvalue weighted by atomic mass is 32.2. The van der Waals surface area contributed by atoms with Crippen molar-refractivity contribution in [2.45, 2.75) is 25.2 Å². The molecule has 1 aliphatic heterocycles. The first-order valence-electron chi connectivity index (χ1n) is 8.46. The fourth-order valence-electron chi connectivity index (χ4n) is 2.95. The number of carbonyl (C=O) groups excluding carboxylic acids is 1. The Balaban J connectivity index is 2.02. The highest BCUT2D eigenvalue weighted by Gasteiger charge is 2.34. The molecule has 0 radical (unpaired) electrons. The molecule has 1 fully saturated rings. The van der Waals surface area contributed by atoms with E-state index >= 15 is 0 Å². The van der Waals surface area contributed by atoms with Crippen molar-refractivity contribution in [3.63, 3.8) is 0 Å². The van der Waals surface area contributed by atoms with Crippen molar-refractivity contribution in [2.24, 2.45) is 0 Å². The first-order valence-corrected chi connectivity index (χ1v) is 9.62. The molecule has 1 heterocycles. The molecule has 4 nitrogen and oxygen atoms in total.